The number of aliphatic hydroxyl groups is 1. The van der Waals surface area contributed by atoms with Crippen molar-refractivity contribution < 1.29 is 19.5 Å². The van der Waals surface area contributed by atoms with Gasteiger partial charge in [0.25, 0.3) is 5.91 Å². The molecule has 1 heterocycles. The number of hydrogen-bond acceptors (Lipinski definition) is 6. The van der Waals surface area contributed by atoms with E-state index in [0.717, 1.165) is 36.8 Å². The van der Waals surface area contributed by atoms with Crippen molar-refractivity contribution in [2.24, 2.45) is 11.1 Å². The molecule has 1 aliphatic carbocycles. The van der Waals surface area contributed by atoms with Gasteiger partial charge in [-0.05, 0) is 42.2 Å². The minimum Gasteiger partial charge on any atom is -0.399 e. The van der Waals surface area contributed by atoms with Gasteiger partial charge >= 0.3 is 0 Å². The van der Waals surface area contributed by atoms with E-state index in [0.29, 0.717) is 23.3 Å². The second kappa shape index (κ2) is 11.2. The number of oxime groups is 1. The van der Waals surface area contributed by atoms with Crippen molar-refractivity contribution in [3.63, 3.8) is 0 Å². The zero-order valence-electron chi connectivity index (χ0n) is 19.8. The van der Waals surface area contributed by atoms with Crippen LogP contribution < -0.4 is 5.32 Å². The molecule has 1 aliphatic heterocycles. The molecular formula is C27H30N4O4. The van der Waals surface area contributed by atoms with Crippen LogP contribution in [0.25, 0.3) is 11.1 Å². The first-order chi connectivity index (χ1) is 17.0. The largest absolute Gasteiger partial charge is 0.399 e. The van der Waals surface area contributed by atoms with Gasteiger partial charge in [0.15, 0.2) is 0 Å². The van der Waals surface area contributed by atoms with Gasteiger partial charge in [-0.25, -0.2) is 0 Å². The predicted molar refractivity (Wildman–Crippen MR) is 131 cm³/mol. The van der Waals surface area contributed by atoms with Crippen molar-refractivity contribution in [1.29, 1.82) is 5.26 Å². The molecule has 35 heavy (non-hydrogen) atoms. The highest BCUT2D eigenvalue weighted by atomic mass is 16.6. The van der Waals surface area contributed by atoms with Gasteiger partial charge in [-0.2, -0.15) is 5.26 Å². The number of nitrogens with one attached hydrogen (secondary N) is 1. The average molecular weight is 475 g/mol. The lowest BCUT2D eigenvalue weighted by molar-refractivity contribution is -0.126. The van der Waals surface area contributed by atoms with E-state index in [1.807, 2.05) is 30.3 Å². The molecule has 2 N–H and O–H groups in total. The van der Waals surface area contributed by atoms with E-state index in [1.54, 1.807) is 18.2 Å². The average Bonchev–Trinajstić information content (AvgIpc) is 3.33. The van der Waals surface area contributed by atoms with E-state index >= 15 is 0 Å². The van der Waals surface area contributed by atoms with Crippen LogP contribution in [0.5, 0.6) is 0 Å². The van der Waals surface area contributed by atoms with E-state index in [1.165, 1.54) is 12.0 Å². The van der Waals surface area contributed by atoms with Gasteiger partial charge in [0.05, 0.1) is 23.9 Å². The van der Waals surface area contributed by atoms with E-state index in [2.05, 4.69) is 16.5 Å². The van der Waals surface area contributed by atoms with Gasteiger partial charge in [0.2, 0.25) is 5.91 Å². The highest BCUT2D eigenvalue weighted by Crippen LogP contribution is 2.27. The normalized spacial score (nSPS) is 23.1. The standard InChI is InChI=1S/C27H30N4O4/c1-35-30-22-14-25(26(33)29-24-9-5-3-7-21(24)17-32)31(16-22)27(34)19-12-10-18(11-13-19)23-8-4-2-6-20(23)15-28/h2,4,6,8,10-13,21,24-25,32H,3,5,7,9,14,16-17H2,1H3,(H,29,33)/b30-22-/t21-,24+,25-/m0/s1. The van der Waals surface area contributed by atoms with Crippen molar-refractivity contribution in [1.82, 2.24) is 10.2 Å². The van der Waals surface area contributed by atoms with E-state index in [9.17, 15) is 20.0 Å². The maximum absolute atomic E-state index is 13.5. The van der Waals surface area contributed by atoms with Gasteiger partial charge < -0.3 is 20.2 Å². The third-order valence-electron chi connectivity index (χ3n) is 6.90. The topological polar surface area (TPSA) is 115 Å². The van der Waals surface area contributed by atoms with Gasteiger partial charge in [-0.3, -0.25) is 9.59 Å². The lowest BCUT2D eigenvalue weighted by Gasteiger charge is -2.33. The fraction of sp³-hybridized carbons (Fsp3) is 0.407. The summed E-state index contributed by atoms with van der Waals surface area (Å²) >= 11 is 0. The minimum absolute atomic E-state index is 0.0363. The van der Waals surface area contributed by atoms with Crippen molar-refractivity contribution in [3.05, 3.63) is 59.7 Å². The Kier molecular flexibility index (Phi) is 7.78. The maximum Gasteiger partial charge on any atom is 0.254 e. The van der Waals surface area contributed by atoms with Crippen molar-refractivity contribution in [2.75, 3.05) is 20.3 Å². The Labute approximate surface area is 205 Å². The minimum atomic E-state index is -0.698. The number of aliphatic hydroxyl groups excluding tert-OH is 1. The monoisotopic (exact) mass is 474 g/mol. The molecule has 4 rings (SSSR count). The zero-order chi connectivity index (χ0) is 24.8. The lowest BCUT2D eigenvalue weighted by Crippen LogP contribution is -2.51. The number of hydrogen-bond donors (Lipinski definition) is 2. The molecule has 8 heteroatoms. The maximum atomic E-state index is 13.5. The van der Waals surface area contributed by atoms with Crippen LogP contribution >= 0.6 is 0 Å². The molecule has 0 bridgehead atoms. The summed E-state index contributed by atoms with van der Waals surface area (Å²) in [6.07, 6.45) is 4.06. The zero-order valence-corrected chi connectivity index (χ0v) is 19.8. The molecule has 3 atom stereocenters. The first-order valence-corrected chi connectivity index (χ1v) is 12.0. The molecule has 0 spiro atoms. The van der Waals surface area contributed by atoms with Gasteiger partial charge in [-0.1, -0.05) is 48.3 Å². The van der Waals surface area contributed by atoms with Crippen LogP contribution in [0.1, 0.15) is 48.0 Å². The molecule has 2 fully saturated rings. The first kappa shape index (κ1) is 24.4. The van der Waals surface area contributed by atoms with Crippen LogP contribution in [0.4, 0.5) is 0 Å². The number of nitrogens with zero attached hydrogens (tertiary/aromatic N) is 3. The summed E-state index contributed by atoms with van der Waals surface area (Å²) in [5.74, 6) is -0.465. The van der Waals surface area contributed by atoms with Gasteiger partial charge in [0, 0.05) is 30.6 Å². The third kappa shape index (κ3) is 5.36. The molecule has 0 unspecified atom stereocenters. The molecule has 1 saturated heterocycles. The van der Waals surface area contributed by atoms with Crippen molar-refractivity contribution >= 4 is 17.5 Å². The summed E-state index contributed by atoms with van der Waals surface area (Å²) in [7, 11) is 1.44. The fourth-order valence-corrected chi connectivity index (χ4v) is 5.03. The van der Waals surface area contributed by atoms with Crippen LogP contribution in [0, 0.1) is 17.2 Å². The molecule has 2 aromatic rings. The fourth-order valence-electron chi connectivity index (χ4n) is 5.03. The summed E-state index contributed by atoms with van der Waals surface area (Å²) in [4.78, 5) is 33.2. The van der Waals surface area contributed by atoms with E-state index in [-0.39, 0.29) is 36.9 Å². The van der Waals surface area contributed by atoms with Crippen molar-refractivity contribution in [3.8, 4) is 17.2 Å². The highest BCUT2D eigenvalue weighted by Gasteiger charge is 2.40. The Hall–Kier alpha value is -3.70. The SMILES string of the molecule is CO/N=C1/C[C@@H](C(=O)N[C@@H]2CCCC[C@H]2CO)N(C(=O)c2ccc(-c3ccccc3C#N)cc2)C1. The molecule has 182 valence electrons. The summed E-state index contributed by atoms with van der Waals surface area (Å²) in [5, 5.41) is 26.2. The Morgan fingerprint density at radius 2 is 1.91 bits per heavy atom. The van der Waals surface area contributed by atoms with E-state index < -0.39 is 6.04 Å². The molecular weight excluding hydrogens is 444 g/mol. The number of likely N-dealkylation sites (tertiary alicyclic amines) is 1. The highest BCUT2D eigenvalue weighted by molar-refractivity contribution is 6.05. The second-order valence-electron chi connectivity index (χ2n) is 9.07. The van der Waals surface area contributed by atoms with Crippen LogP contribution in [0.3, 0.4) is 0 Å². The van der Waals surface area contributed by atoms with Crippen molar-refractivity contribution in [2.45, 2.75) is 44.2 Å². The summed E-state index contributed by atoms with van der Waals surface area (Å²) in [5.41, 5.74) is 3.27. The number of carbonyl (C=O) groups is 2. The van der Waals surface area contributed by atoms with Crippen LogP contribution in [-0.2, 0) is 9.63 Å². The quantitative estimate of drug-likeness (QED) is 0.625. The molecule has 8 nitrogen and oxygen atoms in total. The van der Waals surface area contributed by atoms with Gasteiger partial charge in [0.1, 0.15) is 13.2 Å². The Balaban J connectivity index is 1.54. The second-order valence-corrected chi connectivity index (χ2v) is 9.07. The number of carbonyl (C=O) groups excluding carboxylic acids is 2. The number of benzene rings is 2. The molecule has 2 aromatic carbocycles. The van der Waals surface area contributed by atoms with Crippen LogP contribution in [0.15, 0.2) is 53.7 Å². The Bertz CT molecular complexity index is 1140. The molecule has 2 amide bonds. The van der Waals surface area contributed by atoms with Gasteiger partial charge in [-0.15, -0.1) is 0 Å². The molecule has 0 aromatic heterocycles. The smallest absolute Gasteiger partial charge is 0.254 e. The number of rotatable bonds is 6. The predicted octanol–water partition coefficient (Wildman–Crippen LogP) is 3.11. The Morgan fingerprint density at radius 3 is 2.63 bits per heavy atom. The molecule has 2 aliphatic rings. The molecule has 1 saturated carbocycles. The number of nitriles is 1. The lowest BCUT2D eigenvalue weighted by atomic mass is 9.85. The van der Waals surface area contributed by atoms with E-state index in [4.69, 9.17) is 4.84 Å². The number of amides is 2. The van der Waals surface area contributed by atoms with Crippen LogP contribution in [-0.4, -0.2) is 59.9 Å². The summed E-state index contributed by atoms with van der Waals surface area (Å²) in [6, 6.07) is 15.8. The third-order valence-corrected chi connectivity index (χ3v) is 6.90. The Morgan fingerprint density at radius 1 is 1.17 bits per heavy atom. The summed E-state index contributed by atoms with van der Waals surface area (Å²) < 4.78 is 0. The first-order valence-electron chi connectivity index (χ1n) is 12.0. The summed E-state index contributed by atoms with van der Waals surface area (Å²) in [6.45, 7) is 0.244. The van der Waals surface area contributed by atoms with Crippen LogP contribution in [0.2, 0.25) is 0 Å². The molecule has 0 radical (unpaired) electrons.